The van der Waals surface area contributed by atoms with Gasteiger partial charge in [0.1, 0.15) is 5.75 Å². The van der Waals surface area contributed by atoms with Crippen LogP contribution in [0.1, 0.15) is 38.7 Å². The van der Waals surface area contributed by atoms with Crippen molar-refractivity contribution in [2.24, 2.45) is 0 Å². The Labute approximate surface area is 123 Å². The molecule has 3 nitrogen and oxygen atoms in total. The van der Waals surface area contributed by atoms with Crippen LogP contribution in [0.3, 0.4) is 0 Å². The number of aryl methyl sites for hydroxylation is 1. The van der Waals surface area contributed by atoms with Crippen molar-refractivity contribution in [3.05, 3.63) is 29.8 Å². The van der Waals surface area contributed by atoms with Crippen molar-refractivity contribution in [3.63, 3.8) is 0 Å². The highest BCUT2D eigenvalue weighted by atomic mass is 16.5. The first kappa shape index (κ1) is 17.0. The number of hydrogen-bond acceptors (Lipinski definition) is 3. The summed E-state index contributed by atoms with van der Waals surface area (Å²) in [5.74, 6) is 0.917. The molecule has 0 bridgehead atoms. The second kappa shape index (κ2) is 8.28. The minimum absolute atomic E-state index is 0.0325. The third kappa shape index (κ3) is 5.93. The third-order valence-electron chi connectivity index (χ3n) is 4.00. The summed E-state index contributed by atoms with van der Waals surface area (Å²) in [4.78, 5) is 0. The summed E-state index contributed by atoms with van der Waals surface area (Å²) in [7, 11) is 5.52. The van der Waals surface area contributed by atoms with Gasteiger partial charge >= 0.3 is 0 Å². The van der Waals surface area contributed by atoms with Gasteiger partial charge in [0.2, 0.25) is 0 Å². The Morgan fingerprint density at radius 3 is 2.25 bits per heavy atom. The molecule has 3 heteroatoms. The molecule has 0 aliphatic rings. The normalized spacial score (nSPS) is 13.2. The molecule has 1 aromatic carbocycles. The standard InChI is InChI=1S/C17H29NO2/c1-17(2,20-5)13-12-15(18-3)9-6-14-7-10-16(19-4)11-8-14/h7-8,10-11,15,18H,6,9,12-13H2,1-5H3. The van der Waals surface area contributed by atoms with Crippen molar-refractivity contribution in [2.45, 2.75) is 51.2 Å². The number of ether oxygens (including phenoxy) is 2. The Morgan fingerprint density at radius 2 is 1.75 bits per heavy atom. The Balaban J connectivity index is 2.40. The zero-order valence-corrected chi connectivity index (χ0v) is 13.5. The molecule has 0 aromatic heterocycles. The summed E-state index contributed by atoms with van der Waals surface area (Å²) in [6.45, 7) is 4.28. The van der Waals surface area contributed by atoms with E-state index in [0.717, 1.165) is 31.4 Å². The van der Waals surface area contributed by atoms with Gasteiger partial charge in [0.15, 0.2) is 0 Å². The maximum atomic E-state index is 5.48. The van der Waals surface area contributed by atoms with Gasteiger partial charge < -0.3 is 14.8 Å². The zero-order chi connectivity index (χ0) is 15.0. The Bertz CT molecular complexity index is 373. The highest BCUT2D eigenvalue weighted by Gasteiger charge is 2.18. The van der Waals surface area contributed by atoms with Crippen LogP contribution < -0.4 is 10.1 Å². The molecule has 0 spiro atoms. The van der Waals surface area contributed by atoms with E-state index < -0.39 is 0 Å². The molecule has 0 saturated carbocycles. The van der Waals surface area contributed by atoms with Crippen LogP contribution in [-0.4, -0.2) is 32.9 Å². The van der Waals surface area contributed by atoms with Crippen LogP contribution in [0.25, 0.3) is 0 Å². The average molecular weight is 279 g/mol. The smallest absolute Gasteiger partial charge is 0.118 e. The predicted molar refractivity (Wildman–Crippen MR) is 84.5 cm³/mol. The van der Waals surface area contributed by atoms with Crippen molar-refractivity contribution >= 4 is 0 Å². The second-order valence-electron chi connectivity index (χ2n) is 5.87. The van der Waals surface area contributed by atoms with Gasteiger partial charge in [-0.25, -0.2) is 0 Å². The van der Waals surface area contributed by atoms with Gasteiger partial charge in [-0.3, -0.25) is 0 Å². The van der Waals surface area contributed by atoms with E-state index in [-0.39, 0.29) is 5.60 Å². The fourth-order valence-corrected chi connectivity index (χ4v) is 2.19. The van der Waals surface area contributed by atoms with E-state index in [2.05, 4.69) is 31.3 Å². The molecule has 0 heterocycles. The molecular weight excluding hydrogens is 250 g/mol. The lowest BCUT2D eigenvalue weighted by Crippen LogP contribution is -2.30. The van der Waals surface area contributed by atoms with E-state index in [4.69, 9.17) is 9.47 Å². The van der Waals surface area contributed by atoms with E-state index in [9.17, 15) is 0 Å². The van der Waals surface area contributed by atoms with Crippen LogP contribution in [0.2, 0.25) is 0 Å². The van der Waals surface area contributed by atoms with E-state index >= 15 is 0 Å². The van der Waals surface area contributed by atoms with E-state index in [1.807, 2.05) is 19.2 Å². The second-order valence-corrected chi connectivity index (χ2v) is 5.87. The van der Waals surface area contributed by atoms with Gasteiger partial charge in [0.05, 0.1) is 12.7 Å². The molecule has 20 heavy (non-hydrogen) atoms. The summed E-state index contributed by atoms with van der Waals surface area (Å²) >= 11 is 0. The number of benzene rings is 1. The maximum absolute atomic E-state index is 5.48. The SMILES string of the molecule is CNC(CCc1ccc(OC)cc1)CCC(C)(C)OC. The third-order valence-corrected chi connectivity index (χ3v) is 4.00. The van der Waals surface area contributed by atoms with Gasteiger partial charge in [-0.2, -0.15) is 0 Å². The highest BCUT2D eigenvalue weighted by molar-refractivity contribution is 5.27. The van der Waals surface area contributed by atoms with Gasteiger partial charge in [0, 0.05) is 13.2 Å². The van der Waals surface area contributed by atoms with Crippen LogP contribution in [0.5, 0.6) is 5.75 Å². The number of rotatable bonds is 9. The molecule has 0 fully saturated rings. The predicted octanol–water partition coefficient (Wildman–Crippen LogP) is 3.42. The lowest BCUT2D eigenvalue weighted by atomic mass is 9.95. The van der Waals surface area contributed by atoms with Crippen molar-refractivity contribution in [1.29, 1.82) is 0 Å². The van der Waals surface area contributed by atoms with Crippen LogP contribution in [-0.2, 0) is 11.2 Å². The molecule has 1 N–H and O–H groups in total. The fourth-order valence-electron chi connectivity index (χ4n) is 2.19. The molecule has 1 unspecified atom stereocenters. The van der Waals surface area contributed by atoms with Crippen LogP contribution in [0.15, 0.2) is 24.3 Å². The zero-order valence-electron chi connectivity index (χ0n) is 13.5. The minimum atomic E-state index is -0.0325. The first-order chi connectivity index (χ1) is 9.50. The van der Waals surface area contributed by atoms with E-state index in [1.165, 1.54) is 5.56 Å². The number of methoxy groups -OCH3 is 2. The lowest BCUT2D eigenvalue weighted by molar-refractivity contribution is 0.0117. The summed E-state index contributed by atoms with van der Waals surface area (Å²) in [6.07, 6.45) is 4.43. The largest absolute Gasteiger partial charge is 0.497 e. The summed E-state index contributed by atoms with van der Waals surface area (Å²) in [6, 6.07) is 8.87. The molecule has 114 valence electrons. The lowest BCUT2D eigenvalue weighted by Gasteiger charge is -2.25. The fraction of sp³-hybridized carbons (Fsp3) is 0.647. The number of nitrogens with one attached hydrogen (secondary N) is 1. The van der Waals surface area contributed by atoms with Crippen molar-refractivity contribution < 1.29 is 9.47 Å². The molecule has 1 aromatic rings. The summed E-state index contributed by atoms with van der Waals surface area (Å²) in [5, 5.41) is 3.41. The summed E-state index contributed by atoms with van der Waals surface area (Å²) < 4.78 is 10.7. The Hall–Kier alpha value is -1.06. The molecule has 1 atom stereocenters. The highest BCUT2D eigenvalue weighted by Crippen LogP contribution is 2.19. The molecule has 0 amide bonds. The Morgan fingerprint density at radius 1 is 1.10 bits per heavy atom. The minimum Gasteiger partial charge on any atom is -0.497 e. The molecule has 0 aliphatic carbocycles. The summed E-state index contributed by atoms with van der Waals surface area (Å²) in [5.41, 5.74) is 1.33. The topological polar surface area (TPSA) is 30.5 Å². The molecule has 0 aliphatic heterocycles. The first-order valence-corrected chi connectivity index (χ1v) is 7.36. The van der Waals surface area contributed by atoms with Crippen LogP contribution in [0.4, 0.5) is 0 Å². The molecule has 1 rings (SSSR count). The molecule has 0 radical (unpaired) electrons. The molecule has 0 saturated heterocycles. The van der Waals surface area contributed by atoms with Gasteiger partial charge in [0.25, 0.3) is 0 Å². The quantitative estimate of drug-likeness (QED) is 0.751. The monoisotopic (exact) mass is 279 g/mol. The molecular formula is C17H29NO2. The van der Waals surface area contributed by atoms with Gasteiger partial charge in [-0.15, -0.1) is 0 Å². The van der Waals surface area contributed by atoms with Gasteiger partial charge in [-0.05, 0) is 64.3 Å². The van der Waals surface area contributed by atoms with Crippen LogP contribution >= 0.6 is 0 Å². The Kier molecular flexibility index (Phi) is 7.03. The maximum Gasteiger partial charge on any atom is 0.118 e. The van der Waals surface area contributed by atoms with Crippen molar-refractivity contribution in [1.82, 2.24) is 5.32 Å². The van der Waals surface area contributed by atoms with E-state index in [1.54, 1.807) is 14.2 Å². The number of hydrogen-bond donors (Lipinski definition) is 1. The van der Waals surface area contributed by atoms with Crippen molar-refractivity contribution in [3.8, 4) is 5.75 Å². The van der Waals surface area contributed by atoms with Crippen molar-refractivity contribution in [2.75, 3.05) is 21.3 Å². The first-order valence-electron chi connectivity index (χ1n) is 7.36. The van der Waals surface area contributed by atoms with E-state index in [0.29, 0.717) is 6.04 Å². The van der Waals surface area contributed by atoms with Crippen LogP contribution in [0, 0.1) is 0 Å². The van der Waals surface area contributed by atoms with Gasteiger partial charge in [-0.1, -0.05) is 12.1 Å². The average Bonchev–Trinajstić information content (AvgIpc) is 2.48.